The molecule has 1 amide bonds. The molecular weight excluding hydrogens is 318 g/mol. The van der Waals surface area contributed by atoms with Crippen LogP contribution in [0.25, 0.3) is 0 Å². The average molecular weight is 327 g/mol. The SMILES string of the molecule is O=C(Cc1ccc(Br)cc1)Nc1ccc(Cl)nn1. The molecule has 0 spiro atoms. The maximum atomic E-state index is 11.7. The molecule has 1 heterocycles. The minimum absolute atomic E-state index is 0.144. The number of hydrogen-bond donors (Lipinski definition) is 1. The van der Waals surface area contributed by atoms with Crippen molar-refractivity contribution in [1.29, 1.82) is 0 Å². The summed E-state index contributed by atoms with van der Waals surface area (Å²) in [5, 5.41) is 10.3. The van der Waals surface area contributed by atoms with Gasteiger partial charge >= 0.3 is 0 Å². The lowest BCUT2D eigenvalue weighted by Gasteiger charge is -2.04. The first-order valence-corrected chi connectivity index (χ1v) is 6.34. The smallest absolute Gasteiger partial charge is 0.229 e. The molecule has 0 saturated carbocycles. The van der Waals surface area contributed by atoms with Gasteiger partial charge in [0.15, 0.2) is 11.0 Å². The molecule has 18 heavy (non-hydrogen) atoms. The Morgan fingerprint density at radius 1 is 1.17 bits per heavy atom. The molecule has 0 radical (unpaired) electrons. The Balaban J connectivity index is 1.96. The van der Waals surface area contributed by atoms with Crippen LogP contribution in [0.5, 0.6) is 0 Å². The van der Waals surface area contributed by atoms with E-state index in [0.29, 0.717) is 11.0 Å². The molecule has 0 atom stereocenters. The number of halogens is 2. The number of hydrogen-bond acceptors (Lipinski definition) is 3. The van der Waals surface area contributed by atoms with Crippen molar-refractivity contribution in [1.82, 2.24) is 10.2 Å². The molecular formula is C12H9BrClN3O. The minimum Gasteiger partial charge on any atom is -0.309 e. The van der Waals surface area contributed by atoms with E-state index < -0.39 is 0 Å². The van der Waals surface area contributed by atoms with Gasteiger partial charge in [0, 0.05) is 4.47 Å². The van der Waals surface area contributed by atoms with Gasteiger partial charge < -0.3 is 5.32 Å². The van der Waals surface area contributed by atoms with E-state index in [9.17, 15) is 4.79 Å². The lowest BCUT2D eigenvalue weighted by atomic mass is 10.1. The van der Waals surface area contributed by atoms with E-state index >= 15 is 0 Å². The summed E-state index contributed by atoms with van der Waals surface area (Å²) in [6.45, 7) is 0. The third-order valence-electron chi connectivity index (χ3n) is 2.18. The largest absolute Gasteiger partial charge is 0.309 e. The first kappa shape index (κ1) is 13.0. The highest BCUT2D eigenvalue weighted by Crippen LogP contribution is 2.12. The number of nitrogens with zero attached hydrogens (tertiary/aromatic N) is 2. The lowest BCUT2D eigenvalue weighted by molar-refractivity contribution is -0.115. The molecule has 0 saturated heterocycles. The molecule has 0 unspecified atom stereocenters. The van der Waals surface area contributed by atoms with E-state index in [1.165, 1.54) is 0 Å². The van der Waals surface area contributed by atoms with Crippen LogP contribution in [0.1, 0.15) is 5.56 Å². The second kappa shape index (κ2) is 5.93. The first-order chi connectivity index (χ1) is 8.63. The number of rotatable bonds is 3. The molecule has 0 aliphatic rings. The predicted octanol–water partition coefficient (Wildman–Crippen LogP) is 3.07. The van der Waals surface area contributed by atoms with E-state index in [4.69, 9.17) is 11.6 Å². The molecule has 2 aromatic rings. The number of nitrogens with one attached hydrogen (secondary N) is 1. The number of anilines is 1. The Morgan fingerprint density at radius 3 is 2.50 bits per heavy atom. The topological polar surface area (TPSA) is 54.9 Å². The van der Waals surface area contributed by atoms with E-state index in [0.717, 1.165) is 10.0 Å². The van der Waals surface area contributed by atoms with Crippen molar-refractivity contribution in [2.24, 2.45) is 0 Å². The quantitative estimate of drug-likeness (QED) is 0.943. The van der Waals surface area contributed by atoms with Gasteiger partial charge in [-0.25, -0.2) is 0 Å². The van der Waals surface area contributed by atoms with Crippen molar-refractivity contribution in [2.45, 2.75) is 6.42 Å². The number of carbonyl (C=O) groups is 1. The Hall–Kier alpha value is -1.46. The Kier molecular flexibility index (Phi) is 4.28. The second-order valence-corrected chi connectivity index (χ2v) is 4.90. The van der Waals surface area contributed by atoms with Gasteiger partial charge in [-0.1, -0.05) is 39.7 Å². The van der Waals surface area contributed by atoms with Gasteiger partial charge in [-0.05, 0) is 29.8 Å². The summed E-state index contributed by atoms with van der Waals surface area (Å²) in [6.07, 6.45) is 0.289. The molecule has 92 valence electrons. The highest BCUT2D eigenvalue weighted by molar-refractivity contribution is 9.10. The Bertz CT molecular complexity index is 493. The highest BCUT2D eigenvalue weighted by atomic mass is 79.9. The van der Waals surface area contributed by atoms with Crippen molar-refractivity contribution in [3.05, 3.63) is 51.6 Å². The molecule has 4 nitrogen and oxygen atoms in total. The average Bonchev–Trinajstić information content (AvgIpc) is 2.35. The van der Waals surface area contributed by atoms with Gasteiger partial charge in [-0.15, -0.1) is 10.2 Å². The molecule has 1 aromatic carbocycles. The maximum Gasteiger partial charge on any atom is 0.229 e. The van der Waals surface area contributed by atoms with Gasteiger partial charge in [-0.2, -0.15) is 0 Å². The second-order valence-electron chi connectivity index (χ2n) is 3.59. The summed E-state index contributed by atoms with van der Waals surface area (Å²) in [4.78, 5) is 11.7. The normalized spacial score (nSPS) is 10.1. The molecule has 1 N–H and O–H groups in total. The summed E-state index contributed by atoms with van der Waals surface area (Å²) in [5.41, 5.74) is 0.928. The summed E-state index contributed by atoms with van der Waals surface area (Å²) in [5.74, 6) is 0.246. The predicted molar refractivity (Wildman–Crippen MR) is 73.5 cm³/mol. The number of aromatic nitrogens is 2. The zero-order valence-corrected chi connectivity index (χ0v) is 11.6. The third kappa shape index (κ3) is 3.78. The van der Waals surface area contributed by atoms with Gasteiger partial charge in [0.2, 0.25) is 5.91 Å². The van der Waals surface area contributed by atoms with Crippen molar-refractivity contribution in [2.75, 3.05) is 5.32 Å². The van der Waals surface area contributed by atoms with Gasteiger partial charge in [-0.3, -0.25) is 4.79 Å². The van der Waals surface area contributed by atoms with Crippen LogP contribution >= 0.6 is 27.5 Å². The monoisotopic (exact) mass is 325 g/mol. The molecule has 1 aromatic heterocycles. The standard InChI is InChI=1S/C12H9BrClN3O/c13-9-3-1-8(2-4-9)7-12(18)15-11-6-5-10(14)16-17-11/h1-6H,7H2,(H,15,17,18). The van der Waals surface area contributed by atoms with Gasteiger partial charge in [0.05, 0.1) is 6.42 Å². The highest BCUT2D eigenvalue weighted by Gasteiger charge is 2.05. The Labute approximate surface area is 118 Å². The fraction of sp³-hybridized carbons (Fsp3) is 0.0833. The zero-order chi connectivity index (χ0) is 13.0. The van der Waals surface area contributed by atoms with Crippen LogP contribution in [0.2, 0.25) is 5.15 Å². The third-order valence-corrected chi connectivity index (χ3v) is 2.91. The van der Waals surface area contributed by atoms with Crippen LogP contribution in [-0.4, -0.2) is 16.1 Å². The maximum absolute atomic E-state index is 11.7. The van der Waals surface area contributed by atoms with Crippen LogP contribution in [0.15, 0.2) is 40.9 Å². The fourth-order valence-electron chi connectivity index (χ4n) is 1.36. The summed E-state index contributed by atoms with van der Waals surface area (Å²) >= 11 is 8.94. The molecule has 0 aliphatic carbocycles. The van der Waals surface area contributed by atoms with E-state index in [2.05, 4.69) is 31.4 Å². The fourth-order valence-corrected chi connectivity index (χ4v) is 1.72. The van der Waals surface area contributed by atoms with Crippen LogP contribution < -0.4 is 5.32 Å². The number of carbonyl (C=O) groups excluding carboxylic acids is 1. The van der Waals surface area contributed by atoms with Crippen LogP contribution in [0.3, 0.4) is 0 Å². The van der Waals surface area contributed by atoms with Crippen molar-refractivity contribution in [3.8, 4) is 0 Å². The zero-order valence-electron chi connectivity index (χ0n) is 9.23. The summed E-state index contributed by atoms with van der Waals surface area (Å²) < 4.78 is 0.982. The van der Waals surface area contributed by atoms with Crippen molar-refractivity contribution in [3.63, 3.8) is 0 Å². The van der Waals surface area contributed by atoms with Crippen LogP contribution in [-0.2, 0) is 11.2 Å². The molecule has 6 heteroatoms. The summed E-state index contributed by atoms with van der Waals surface area (Å²) in [7, 11) is 0. The van der Waals surface area contributed by atoms with E-state index in [-0.39, 0.29) is 12.3 Å². The van der Waals surface area contributed by atoms with Crippen LogP contribution in [0.4, 0.5) is 5.82 Å². The summed E-state index contributed by atoms with van der Waals surface area (Å²) in [6, 6.07) is 10.7. The lowest BCUT2D eigenvalue weighted by Crippen LogP contribution is -2.15. The minimum atomic E-state index is -0.144. The molecule has 0 aliphatic heterocycles. The van der Waals surface area contributed by atoms with Crippen LogP contribution in [0, 0.1) is 0 Å². The molecule has 2 rings (SSSR count). The van der Waals surface area contributed by atoms with E-state index in [1.807, 2.05) is 24.3 Å². The molecule has 0 bridgehead atoms. The van der Waals surface area contributed by atoms with Gasteiger partial charge in [0.25, 0.3) is 0 Å². The van der Waals surface area contributed by atoms with Crippen molar-refractivity contribution >= 4 is 39.3 Å². The van der Waals surface area contributed by atoms with E-state index in [1.54, 1.807) is 12.1 Å². The number of amides is 1. The van der Waals surface area contributed by atoms with Crippen molar-refractivity contribution < 1.29 is 4.79 Å². The number of benzene rings is 1. The Morgan fingerprint density at radius 2 is 1.89 bits per heavy atom. The first-order valence-electron chi connectivity index (χ1n) is 5.17. The van der Waals surface area contributed by atoms with Gasteiger partial charge in [0.1, 0.15) is 0 Å². The molecule has 0 fully saturated rings.